The van der Waals surface area contributed by atoms with Gasteiger partial charge in [-0.1, -0.05) is 35.5 Å². The Morgan fingerprint density at radius 1 is 1.36 bits per heavy atom. The Morgan fingerprint density at radius 2 is 2.08 bits per heavy atom. The molecule has 1 fully saturated rings. The second kappa shape index (κ2) is 7.55. The van der Waals surface area contributed by atoms with Crippen LogP contribution in [0.15, 0.2) is 29.3 Å². The Kier molecular flexibility index (Phi) is 5.60. The molecular weight excluding hydrogens is 384 g/mol. The van der Waals surface area contributed by atoms with Gasteiger partial charge in [-0.05, 0) is 24.6 Å². The van der Waals surface area contributed by atoms with Crippen LogP contribution in [-0.4, -0.2) is 60.4 Å². The van der Waals surface area contributed by atoms with E-state index >= 15 is 0 Å². The van der Waals surface area contributed by atoms with Crippen LogP contribution in [-0.2, 0) is 25.9 Å². The van der Waals surface area contributed by atoms with Gasteiger partial charge in [-0.3, -0.25) is 9.79 Å². The first-order valence-corrected chi connectivity index (χ1v) is 11.1. The third-order valence-electron chi connectivity index (χ3n) is 4.11. The Balaban J connectivity index is 1.76. The minimum Gasteiger partial charge on any atom is -0.465 e. The van der Waals surface area contributed by atoms with Crippen LogP contribution < -0.4 is 0 Å². The number of halogens is 1. The molecule has 0 saturated carbocycles. The van der Waals surface area contributed by atoms with Crippen LogP contribution in [0, 0.1) is 0 Å². The summed E-state index contributed by atoms with van der Waals surface area (Å²) in [5, 5.41) is 1.35. The third kappa shape index (κ3) is 4.48. The van der Waals surface area contributed by atoms with Gasteiger partial charge in [0.05, 0.1) is 35.9 Å². The van der Waals surface area contributed by atoms with Gasteiger partial charge in [-0.25, -0.2) is 8.42 Å². The van der Waals surface area contributed by atoms with Gasteiger partial charge in [0.15, 0.2) is 15.0 Å². The number of benzene rings is 1. The Hall–Kier alpha value is -1.25. The molecule has 2 aliphatic rings. The number of rotatable bonds is 5. The quantitative estimate of drug-likeness (QED) is 0.701. The van der Waals surface area contributed by atoms with Crippen molar-refractivity contribution < 1.29 is 17.9 Å². The highest BCUT2D eigenvalue weighted by Crippen LogP contribution is 2.32. The molecule has 1 saturated heterocycles. The summed E-state index contributed by atoms with van der Waals surface area (Å²) in [6.07, 6.45) is 0. The lowest BCUT2D eigenvalue weighted by atomic mass is 10.1. The van der Waals surface area contributed by atoms with E-state index in [9.17, 15) is 13.2 Å². The first-order valence-electron chi connectivity index (χ1n) is 7.95. The molecule has 0 N–H and O–H groups in total. The lowest BCUT2D eigenvalue weighted by Gasteiger charge is -2.26. The number of sulfone groups is 1. The molecule has 136 valence electrons. The summed E-state index contributed by atoms with van der Waals surface area (Å²) in [7, 11) is -3.07. The summed E-state index contributed by atoms with van der Waals surface area (Å²) in [6, 6.07) is 6.99. The van der Waals surface area contributed by atoms with Crippen LogP contribution in [0.25, 0.3) is 0 Å². The zero-order valence-corrected chi connectivity index (χ0v) is 16.1. The second-order valence-electron chi connectivity index (χ2n) is 5.97. The smallest absolute Gasteiger partial charge is 0.316 e. The fourth-order valence-corrected chi connectivity index (χ4v) is 5.91. The fraction of sp³-hybridized carbons (Fsp3) is 0.500. The highest BCUT2D eigenvalue weighted by Gasteiger charge is 2.46. The Labute approximate surface area is 156 Å². The standard InChI is InChI=1S/C16H19ClN2O4S2/c1-2-23-15(20)8-24-16-18-13-9-25(21,22)10-14(13)19(16)7-11-3-5-12(17)6-4-11/h3-6,13-14H,2,7-10H2,1H3/t13-,14+/m0/s1. The number of hydrogen-bond acceptors (Lipinski definition) is 7. The molecule has 0 amide bonds. The Bertz CT molecular complexity index is 780. The number of carbonyl (C=O) groups excluding carboxylic acids is 1. The van der Waals surface area contributed by atoms with Gasteiger partial charge in [0.1, 0.15) is 0 Å². The number of aliphatic imine (C=N–C) groups is 1. The highest BCUT2D eigenvalue weighted by molar-refractivity contribution is 8.14. The third-order valence-corrected chi connectivity index (χ3v) is 7.04. The minimum atomic E-state index is -3.07. The monoisotopic (exact) mass is 402 g/mol. The molecule has 0 unspecified atom stereocenters. The summed E-state index contributed by atoms with van der Waals surface area (Å²) in [5.74, 6) is 0.0261. The summed E-state index contributed by atoms with van der Waals surface area (Å²) in [5.41, 5.74) is 1.01. The molecule has 2 heterocycles. The van der Waals surface area contributed by atoms with Crippen molar-refractivity contribution in [3.63, 3.8) is 0 Å². The highest BCUT2D eigenvalue weighted by atomic mass is 35.5. The van der Waals surface area contributed by atoms with Gasteiger partial charge >= 0.3 is 5.97 Å². The average Bonchev–Trinajstić information content (AvgIpc) is 3.00. The molecule has 0 bridgehead atoms. The molecule has 25 heavy (non-hydrogen) atoms. The molecule has 0 spiro atoms. The van der Waals surface area contributed by atoms with Gasteiger partial charge in [0.25, 0.3) is 0 Å². The number of ether oxygens (including phenoxy) is 1. The van der Waals surface area contributed by atoms with E-state index in [4.69, 9.17) is 16.3 Å². The lowest BCUT2D eigenvalue weighted by molar-refractivity contribution is -0.139. The van der Waals surface area contributed by atoms with E-state index in [1.54, 1.807) is 19.1 Å². The maximum absolute atomic E-state index is 12.0. The summed E-state index contributed by atoms with van der Waals surface area (Å²) >= 11 is 7.23. The molecule has 0 radical (unpaired) electrons. The molecule has 6 nitrogen and oxygen atoms in total. The van der Waals surface area contributed by atoms with E-state index < -0.39 is 9.84 Å². The topological polar surface area (TPSA) is 76.0 Å². The zero-order chi connectivity index (χ0) is 18.0. The van der Waals surface area contributed by atoms with Gasteiger partial charge in [0, 0.05) is 11.6 Å². The number of esters is 1. The number of hydrogen-bond donors (Lipinski definition) is 0. The molecule has 1 aromatic carbocycles. The molecule has 2 atom stereocenters. The van der Waals surface area contributed by atoms with Crippen LogP contribution in [0.3, 0.4) is 0 Å². The first-order chi connectivity index (χ1) is 11.9. The van der Waals surface area contributed by atoms with Crippen LogP contribution in [0.2, 0.25) is 5.02 Å². The minimum absolute atomic E-state index is 0.0677. The van der Waals surface area contributed by atoms with Gasteiger partial charge in [0.2, 0.25) is 0 Å². The number of thioether (sulfide) groups is 1. The number of fused-ring (bicyclic) bond motifs is 1. The van der Waals surface area contributed by atoms with Crippen molar-refractivity contribution in [2.24, 2.45) is 4.99 Å². The van der Waals surface area contributed by atoms with Crippen LogP contribution >= 0.6 is 23.4 Å². The van der Waals surface area contributed by atoms with Gasteiger partial charge < -0.3 is 9.64 Å². The van der Waals surface area contributed by atoms with Gasteiger partial charge in [-0.2, -0.15) is 0 Å². The predicted octanol–water partition coefficient (Wildman–Crippen LogP) is 1.97. The summed E-state index contributed by atoms with van der Waals surface area (Å²) < 4.78 is 28.9. The first kappa shape index (κ1) is 18.5. The lowest BCUT2D eigenvalue weighted by Crippen LogP contribution is -2.38. The number of nitrogens with zero attached hydrogens (tertiary/aromatic N) is 2. The van der Waals surface area contributed by atoms with E-state index in [1.165, 1.54) is 11.8 Å². The normalized spacial score (nSPS) is 24.1. The number of carbonyl (C=O) groups is 1. The largest absolute Gasteiger partial charge is 0.465 e. The van der Waals surface area contributed by atoms with Crippen molar-refractivity contribution in [1.29, 1.82) is 0 Å². The summed E-state index contributed by atoms with van der Waals surface area (Å²) in [6.45, 7) is 2.63. The van der Waals surface area contributed by atoms with Crippen molar-refractivity contribution in [1.82, 2.24) is 4.90 Å². The SMILES string of the molecule is CCOC(=O)CSC1=N[C@H]2CS(=O)(=O)C[C@H]2N1Cc1ccc(Cl)cc1. The maximum Gasteiger partial charge on any atom is 0.316 e. The maximum atomic E-state index is 12.0. The van der Waals surface area contributed by atoms with Crippen molar-refractivity contribution in [3.8, 4) is 0 Å². The van der Waals surface area contributed by atoms with Crippen molar-refractivity contribution in [2.75, 3.05) is 23.9 Å². The molecule has 3 rings (SSSR count). The van der Waals surface area contributed by atoms with E-state index in [0.717, 1.165) is 5.56 Å². The van der Waals surface area contributed by atoms with E-state index in [1.807, 2.05) is 17.0 Å². The van der Waals surface area contributed by atoms with E-state index in [0.29, 0.717) is 23.3 Å². The Morgan fingerprint density at radius 3 is 2.76 bits per heavy atom. The van der Waals surface area contributed by atoms with Crippen molar-refractivity contribution >= 4 is 44.3 Å². The van der Waals surface area contributed by atoms with Crippen LogP contribution in [0.4, 0.5) is 0 Å². The molecule has 2 aliphatic heterocycles. The van der Waals surface area contributed by atoms with E-state index in [2.05, 4.69) is 4.99 Å². The van der Waals surface area contributed by atoms with E-state index in [-0.39, 0.29) is 35.3 Å². The predicted molar refractivity (Wildman–Crippen MR) is 99.8 cm³/mol. The fourth-order valence-electron chi connectivity index (χ4n) is 3.01. The van der Waals surface area contributed by atoms with Gasteiger partial charge in [-0.15, -0.1) is 0 Å². The average molecular weight is 403 g/mol. The second-order valence-corrected chi connectivity index (χ2v) is 9.50. The molecule has 0 aromatic heterocycles. The molecular formula is C16H19ClN2O4S2. The zero-order valence-electron chi connectivity index (χ0n) is 13.7. The molecule has 9 heteroatoms. The van der Waals surface area contributed by atoms with Crippen molar-refractivity contribution in [3.05, 3.63) is 34.9 Å². The van der Waals surface area contributed by atoms with Crippen molar-refractivity contribution in [2.45, 2.75) is 25.6 Å². The molecule has 0 aliphatic carbocycles. The summed E-state index contributed by atoms with van der Waals surface area (Å²) in [4.78, 5) is 18.2. The van der Waals surface area contributed by atoms with Crippen LogP contribution in [0.5, 0.6) is 0 Å². The van der Waals surface area contributed by atoms with Crippen LogP contribution in [0.1, 0.15) is 12.5 Å². The number of amidine groups is 1. The molecule has 1 aromatic rings.